The van der Waals surface area contributed by atoms with Gasteiger partial charge in [-0.05, 0) is 24.3 Å². The molecule has 0 spiro atoms. The average molecular weight is 284 g/mol. The lowest BCUT2D eigenvalue weighted by Gasteiger charge is -2.18. The van der Waals surface area contributed by atoms with Gasteiger partial charge >= 0.3 is 0 Å². The lowest BCUT2D eigenvalue weighted by molar-refractivity contribution is -0.492. The highest BCUT2D eigenvalue weighted by molar-refractivity contribution is 9.10. The zero-order chi connectivity index (χ0) is 11.9. The smallest absolute Gasteiger partial charge is 0.190 e. The number of carbonyl (C=O) groups excluding carboxylic acids is 1. The molecule has 0 unspecified atom stereocenters. The van der Waals surface area contributed by atoms with Crippen LogP contribution in [0.15, 0.2) is 33.2 Å². The number of rotatable bonds is 2. The molecule has 4 nitrogen and oxygen atoms in total. The van der Waals surface area contributed by atoms with Crippen molar-refractivity contribution in [2.75, 3.05) is 0 Å². The van der Waals surface area contributed by atoms with Gasteiger partial charge in [-0.2, -0.15) is 0 Å². The summed E-state index contributed by atoms with van der Waals surface area (Å²) in [6.45, 7) is 1.45. The topological polar surface area (TPSA) is 80.9 Å². The van der Waals surface area contributed by atoms with Crippen LogP contribution in [-0.2, 0) is 10.3 Å². The molecule has 0 saturated heterocycles. The molecule has 3 N–H and O–H groups in total. The number of halogens is 1. The van der Waals surface area contributed by atoms with E-state index in [1.54, 1.807) is 12.1 Å². The number of quaternary nitrogens is 1. The van der Waals surface area contributed by atoms with Crippen LogP contribution in [-0.4, -0.2) is 5.97 Å². The Morgan fingerprint density at radius 2 is 2.19 bits per heavy atom. The Kier molecular flexibility index (Phi) is 2.52. The van der Waals surface area contributed by atoms with Crippen LogP contribution in [0.3, 0.4) is 0 Å². The van der Waals surface area contributed by atoms with Crippen molar-refractivity contribution in [3.05, 3.63) is 34.5 Å². The van der Waals surface area contributed by atoms with E-state index >= 15 is 0 Å². The van der Waals surface area contributed by atoms with Crippen molar-refractivity contribution < 1.29 is 20.1 Å². The van der Waals surface area contributed by atoms with Crippen molar-refractivity contribution in [1.82, 2.24) is 0 Å². The van der Waals surface area contributed by atoms with Crippen molar-refractivity contribution in [2.45, 2.75) is 12.5 Å². The molecular weight excluding hydrogens is 274 g/mol. The Balaban J connectivity index is 2.59. The second kappa shape index (κ2) is 3.61. The van der Waals surface area contributed by atoms with Gasteiger partial charge in [0, 0.05) is 16.8 Å². The Morgan fingerprint density at radius 3 is 2.81 bits per heavy atom. The molecular formula is C11H10BrNO3. The van der Waals surface area contributed by atoms with Crippen LogP contribution in [0.1, 0.15) is 12.7 Å². The summed E-state index contributed by atoms with van der Waals surface area (Å²) in [7, 11) is 0. The van der Waals surface area contributed by atoms with E-state index in [2.05, 4.69) is 21.7 Å². The first-order valence-corrected chi connectivity index (χ1v) is 5.47. The summed E-state index contributed by atoms with van der Waals surface area (Å²) in [6, 6.07) is 7.12. The predicted octanol–water partition coefficient (Wildman–Crippen LogP) is 0.402. The number of carbonyl (C=O) groups is 1. The zero-order valence-electron chi connectivity index (χ0n) is 8.62. The van der Waals surface area contributed by atoms with Gasteiger partial charge in [-0.3, -0.25) is 0 Å². The van der Waals surface area contributed by atoms with Crippen LogP contribution >= 0.6 is 15.9 Å². The molecule has 0 aliphatic rings. The van der Waals surface area contributed by atoms with E-state index in [1.165, 1.54) is 6.92 Å². The highest BCUT2D eigenvalue weighted by Gasteiger charge is 2.31. The lowest BCUT2D eigenvalue weighted by atomic mass is 10.0. The van der Waals surface area contributed by atoms with Crippen LogP contribution in [0.5, 0.6) is 0 Å². The standard InChI is InChI=1S/C11H10BrNO3/c1-11(13,10(14)15)9-5-6-4-7(12)2-3-8(6)16-9/h2-5H,13H2,1H3,(H,14,15)/t11-/m0/s1. The van der Waals surface area contributed by atoms with E-state index in [1.807, 2.05) is 12.1 Å². The third-order valence-corrected chi connectivity index (χ3v) is 2.97. The number of hydrogen-bond donors (Lipinski definition) is 1. The molecule has 0 bridgehead atoms. The molecule has 0 aliphatic heterocycles. The number of hydrogen-bond acceptors (Lipinski definition) is 3. The number of benzene rings is 1. The third-order valence-electron chi connectivity index (χ3n) is 2.47. The van der Waals surface area contributed by atoms with Gasteiger partial charge in [0.2, 0.25) is 0 Å². The first kappa shape index (κ1) is 11.2. The van der Waals surface area contributed by atoms with Gasteiger partial charge in [0.1, 0.15) is 11.6 Å². The van der Waals surface area contributed by atoms with Crippen LogP contribution in [0.2, 0.25) is 0 Å². The van der Waals surface area contributed by atoms with Crippen LogP contribution in [0.4, 0.5) is 0 Å². The fourth-order valence-electron chi connectivity index (χ4n) is 1.39. The summed E-state index contributed by atoms with van der Waals surface area (Å²) >= 11 is 3.34. The first-order chi connectivity index (χ1) is 7.41. The number of carboxylic acid groups (broad SMARTS) is 1. The van der Waals surface area contributed by atoms with Gasteiger partial charge < -0.3 is 20.1 Å². The molecule has 0 radical (unpaired) electrons. The molecule has 16 heavy (non-hydrogen) atoms. The maximum Gasteiger partial charge on any atom is 0.190 e. The van der Waals surface area contributed by atoms with E-state index < -0.39 is 11.5 Å². The molecule has 0 aliphatic carbocycles. The maximum absolute atomic E-state index is 10.9. The summed E-state index contributed by atoms with van der Waals surface area (Å²) in [5.74, 6) is -0.966. The van der Waals surface area contributed by atoms with E-state index in [0.29, 0.717) is 11.3 Å². The monoisotopic (exact) mass is 283 g/mol. The van der Waals surface area contributed by atoms with Crippen molar-refractivity contribution in [1.29, 1.82) is 0 Å². The number of aliphatic carboxylic acids is 1. The van der Waals surface area contributed by atoms with E-state index in [4.69, 9.17) is 4.42 Å². The van der Waals surface area contributed by atoms with Gasteiger partial charge in [0.25, 0.3) is 0 Å². The van der Waals surface area contributed by atoms with Crippen molar-refractivity contribution in [3.8, 4) is 0 Å². The van der Waals surface area contributed by atoms with Crippen LogP contribution in [0.25, 0.3) is 11.0 Å². The second-order valence-corrected chi connectivity index (χ2v) is 4.83. The van der Waals surface area contributed by atoms with Crippen molar-refractivity contribution >= 4 is 32.9 Å². The zero-order valence-corrected chi connectivity index (χ0v) is 10.2. The fraction of sp³-hybridized carbons (Fsp3) is 0.182. The lowest BCUT2D eigenvalue weighted by Crippen LogP contribution is -2.75. The normalized spacial score (nSPS) is 14.9. The molecule has 5 heteroatoms. The van der Waals surface area contributed by atoms with Gasteiger partial charge in [0.15, 0.2) is 11.3 Å². The Morgan fingerprint density at radius 1 is 1.50 bits per heavy atom. The highest BCUT2D eigenvalue weighted by Crippen LogP contribution is 2.27. The Bertz CT molecular complexity index is 559. The minimum atomic E-state index is -1.37. The molecule has 2 aromatic rings. The molecule has 1 aromatic heterocycles. The molecule has 0 fully saturated rings. The number of furan rings is 1. The van der Waals surface area contributed by atoms with Crippen molar-refractivity contribution in [3.63, 3.8) is 0 Å². The summed E-state index contributed by atoms with van der Waals surface area (Å²) in [5.41, 5.74) is 2.85. The van der Waals surface area contributed by atoms with Crippen molar-refractivity contribution in [2.24, 2.45) is 0 Å². The maximum atomic E-state index is 10.9. The molecule has 1 heterocycles. The van der Waals surface area contributed by atoms with Gasteiger partial charge in [-0.1, -0.05) is 15.9 Å². The predicted molar refractivity (Wildman–Crippen MR) is 59.2 cm³/mol. The summed E-state index contributed by atoms with van der Waals surface area (Å²) in [6.07, 6.45) is 0. The minimum Gasteiger partial charge on any atom is -0.543 e. The van der Waals surface area contributed by atoms with E-state index in [-0.39, 0.29) is 0 Å². The summed E-state index contributed by atoms with van der Waals surface area (Å²) in [5, 5.41) is 11.8. The van der Waals surface area contributed by atoms with E-state index in [0.717, 1.165) is 9.86 Å². The van der Waals surface area contributed by atoms with Gasteiger partial charge in [-0.25, -0.2) is 0 Å². The number of carboxylic acids is 1. The average Bonchev–Trinajstić information content (AvgIpc) is 2.60. The molecule has 0 amide bonds. The molecule has 2 rings (SSSR count). The number of fused-ring (bicyclic) bond motifs is 1. The molecule has 84 valence electrons. The molecule has 1 aromatic carbocycles. The summed E-state index contributed by atoms with van der Waals surface area (Å²) in [4.78, 5) is 10.9. The quantitative estimate of drug-likeness (QED) is 0.866. The van der Waals surface area contributed by atoms with Crippen LogP contribution < -0.4 is 10.8 Å². The second-order valence-electron chi connectivity index (χ2n) is 3.91. The summed E-state index contributed by atoms with van der Waals surface area (Å²) < 4.78 is 6.35. The fourth-order valence-corrected chi connectivity index (χ4v) is 1.77. The van der Waals surface area contributed by atoms with E-state index in [9.17, 15) is 9.90 Å². The Hall–Kier alpha value is -1.33. The first-order valence-electron chi connectivity index (χ1n) is 4.67. The minimum absolute atomic E-state index is 0.292. The van der Waals surface area contributed by atoms with Gasteiger partial charge in [-0.15, -0.1) is 0 Å². The third kappa shape index (κ3) is 1.72. The Labute approximate surface area is 100 Å². The largest absolute Gasteiger partial charge is 0.543 e. The molecule has 0 saturated carbocycles. The van der Waals surface area contributed by atoms with Gasteiger partial charge in [0.05, 0.1) is 0 Å². The SMILES string of the molecule is C[C@@]([NH3+])(C(=O)[O-])c1cc2cc(Br)ccc2o1. The highest BCUT2D eigenvalue weighted by atomic mass is 79.9. The molecule has 1 atom stereocenters. The van der Waals surface area contributed by atoms with Crippen LogP contribution in [0, 0.1) is 0 Å².